The topological polar surface area (TPSA) is 90.9 Å². The minimum atomic E-state index is -0.550. The highest BCUT2D eigenvalue weighted by Gasteiger charge is 2.22. The second-order valence-electron chi connectivity index (χ2n) is 7.66. The zero-order valence-corrected chi connectivity index (χ0v) is 20.2. The van der Waals surface area contributed by atoms with Crippen molar-refractivity contribution in [3.8, 4) is 17.2 Å². The lowest BCUT2D eigenvalue weighted by molar-refractivity contribution is -0.124. The predicted octanol–water partition coefficient (Wildman–Crippen LogP) is 4.48. The highest BCUT2D eigenvalue weighted by atomic mass is 32.2. The molecule has 1 aliphatic carbocycles. The SMILES string of the molecule is COc1ccc(SC2=CC(=O)C(NC(=O)COc3ccc(OCc4ccccc4)cc3)=CC2=O)cc1. The molecule has 0 spiro atoms. The van der Waals surface area contributed by atoms with Gasteiger partial charge in [0.15, 0.2) is 12.4 Å². The van der Waals surface area contributed by atoms with Crippen molar-refractivity contribution in [2.75, 3.05) is 13.7 Å². The minimum absolute atomic E-state index is 0.0858. The fraction of sp³-hybridized carbons (Fsp3) is 0.107. The highest BCUT2D eigenvalue weighted by molar-refractivity contribution is 8.04. The molecule has 1 N–H and O–H groups in total. The van der Waals surface area contributed by atoms with Gasteiger partial charge >= 0.3 is 0 Å². The molecule has 0 saturated carbocycles. The molecule has 0 radical (unpaired) electrons. The summed E-state index contributed by atoms with van der Waals surface area (Å²) in [7, 11) is 1.57. The molecule has 0 bridgehead atoms. The molecule has 0 fully saturated rings. The van der Waals surface area contributed by atoms with Crippen molar-refractivity contribution in [3.05, 3.63) is 107 Å². The van der Waals surface area contributed by atoms with Crippen LogP contribution < -0.4 is 19.5 Å². The van der Waals surface area contributed by atoms with Gasteiger partial charge in [0, 0.05) is 17.0 Å². The van der Waals surface area contributed by atoms with Gasteiger partial charge in [0.25, 0.3) is 5.91 Å². The summed E-state index contributed by atoms with van der Waals surface area (Å²) in [5.74, 6) is 0.458. The lowest BCUT2D eigenvalue weighted by Gasteiger charge is -2.14. The van der Waals surface area contributed by atoms with Gasteiger partial charge in [0.2, 0.25) is 5.78 Å². The van der Waals surface area contributed by atoms with Gasteiger partial charge in [-0.2, -0.15) is 0 Å². The molecule has 0 unspecified atom stereocenters. The molecule has 0 saturated heterocycles. The number of amides is 1. The van der Waals surface area contributed by atoms with Crippen molar-refractivity contribution in [1.82, 2.24) is 5.32 Å². The van der Waals surface area contributed by atoms with E-state index in [0.717, 1.165) is 16.5 Å². The van der Waals surface area contributed by atoms with E-state index in [0.29, 0.717) is 23.9 Å². The number of allylic oxidation sites excluding steroid dienone is 3. The van der Waals surface area contributed by atoms with E-state index in [2.05, 4.69) is 5.32 Å². The standard InChI is InChI=1S/C28H23NO6S/c1-33-20-11-13-23(14-12-20)36-27-16-25(30)24(15-26(27)31)29-28(32)18-35-22-9-7-21(8-10-22)34-17-19-5-3-2-4-6-19/h2-16H,17-18H2,1H3,(H,29,32). The van der Waals surface area contributed by atoms with Crippen molar-refractivity contribution in [2.45, 2.75) is 11.5 Å². The highest BCUT2D eigenvalue weighted by Crippen LogP contribution is 2.31. The van der Waals surface area contributed by atoms with Gasteiger partial charge in [0.05, 0.1) is 17.7 Å². The smallest absolute Gasteiger partial charge is 0.262 e. The monoisotopic (exact) mass is 501 g/mol. The number of rotatable bonds is 10. The summed E-state index contributed by atoms with van der Waals surface area (Å²) in [5, 5.41) is 2.45. The fourth-order valence-electron chi connectivity index (χ4n) is 3.20. The Morgan fingerprint density at radius 2 is 1.42 bits per heavy atom. The van der Waals surface area contributed by atoms with Crippen LogP contribution in [0.25, 0.3) is 0 Å². The molecule has 0 atom stereocenters. The normalized spacial score (nSPS) is 12.9. The van der Waals surface area contributed by atoms with E-state index in [4.69, 9.17) is 14.2 Å². The van der Waals surface area contributed by atoms with Gasteiger partial charge in [-0.25, -0.2) is 0 Å². The molecule has 182 valence electrons. The third-order valence-electron chi connectivity index (χ3n) is 5.05. The zero-order chi connectivity index (χ0) is 25.3. The number of carbonyl (C=O) groups is 3. The van der Waals surface area contributed by atoms with E-state index < -0.39 is 11.7 Å². The van der Waals surface area contributed by atoms with E-state index in [1.807, 2.05) is 30.3 Å². The van der Waals surface area contributed by atoms with Crippen LogP contribution in [0.1, 0.15) is 5.56 Å². The van der Waals surface area contributed by atoms with E-state index in [9.17, 15) is 14.4 Å². The van der Waals surface area contributed by atoms with Crippen LogP contribution in [0.2, 0.25) is 0 Å². The third-order valence-corrected chi connectivity index (χ3v) is 6.10. The summed E-state index contributed by atoms with van der Waals surface area (Å²) < 4.78 is 16.3. The Kier molecular flexibility index (Phi) is 8.20. The van der Waals surface area contributed by atoms with Crippen LogP contribution in [-0.4, -0.2) is 31.2 Å². The Labute approximate surface area is 212 Å². The largest absolute Gasteiger partial charge is 0.497 e. The number of carbonyl (C=O) groups excluding carboxylic acids is 3. The fourth-order valence-corrected chi connectivity index (χ4v) is 4.05. The van der Waals surface area contributed by atoms with E-state index in [-0.39, 0.29) is 23.0 Å². The summed E-state index contributed by atoms with van der Waals surface area (Å²) in [6.07, 6.45) is 2.35. The molecule has 8 heteroatoms. The lowest BCUT2D eigenvalue weighted by Crippen LogP contribution is -2.33. The van der Waals surface area contributed by atoms with Gasteiger partial charge in [-0.1, -0.05) is 42.1 Å². The summed E-state index contributed by atoms with van der Waals surface area (Å²) >= 11 is 1.17. The quantitative estimate of drug-likeness (QED) is 0.410. The van der Waals surface area contributed by atoms with Gasteiger partial charge in [-0.3, -0.25) is 14.4 Å². The summed E-state index contributed by atoms with van der Waals surface area (Å²) in [5.41, 5.74) is 0.971. The number of thioether (sulfide) groups is 1. The summed E-state index contributed by atoms with van der Waals surface area (Å²) in [6.45, 7) is 0.125. The number of benzene rings is 3. The Morgan fingerprint density at radius 1 is 0.778 bits per heavy atom. The van der Waals surface area contributed by atoms with Crippen LogP contribution in [0, 0.1) is 0 Å². The van der Waals surface area contributed by atoms with Crippen LogP contribution in [0.4, 0.5) is 0 Å². The van der Waals surface area contributed by atoms with Crippen LogP contribution in [0.15, 0.2) is 107 Å². The number of hydrogen-bond donors (Lipinski definition) is 1. The Balaban J connectivity index is 1.25. The minimum Gasteiger partial charge on any atom is -0.497 e. The first-order valence-corrected chi connectivity index (χ1v) is 11.9. The Hall–Kier alpha value is -4.30. The molecule has 1 amide bonds. The molecule has 3 aromatic carbocycles. The molecule has 36 heavy (non-hydrogen) atoms. The maximum absolute atomic E-state index is 12.5. The van der Waals surface area contributed by atoms with Crippen LogP contribution in [-0.2, 0) is 21.0 Å². The maximum Gasteiger partial charge on any atom is 0.262 e. The number of ether oxygens (including phenoxy) is 3. The number of ketones is 2. The number of methoxy groups -OCH3 is 1. The third kappa shape index (κ3) is 6.86. The van der Waals surface area contributed by atoms with Crippen LogP contribution >= 0.6 is 11.8 Å². The van der Waals surface area contributed by atoms with Crippen LogP contribution in [0.5, 0.6) is 17.2 Å². The van der Waals surface area contributed by atoms with Crippen molar-refractivity contribution in [3.63, 3.8) is 0 Å². The van der Waals surface area contributed by atoms with Gasteiger partial charge in [0.1, 0.15) is 23.9 Å². The molecule has 0 aromatic heterocycles. The summed E-state index contributed by atoms with van der Waals surface area (Å²) in [6, 6.07) is 23.8. The first-order chi connectivity index (χ1) is 17.5. The first kappa shape index (κ1) is 24.8. The van der Waals surface area contributed by atoms with E-state index in [1.54, 1.807) is 55.6 Å². The molecule has 0 aliphatic heterocycles. The average Bonchev–Trinajstić information content (AvgIpc) is 2.91. The van der Waals surface area contributed by atoms with Crippen molar-refractivity contribution in [1.29, 1.82) is 0 Å². The van der Waals surface area contributed by atoms with Gasteiger partial charge in [-0.15, -0.1) is 0 Å². The predicted molar refractivity (Wildman–Crippen MR) is 136 cm³/mol. The molecule has 4 rings (SSSR count). The Morgan fingerprint density at radius 3 is 2.08 bits per heavy atom. The van der Waals surface area contributed by atoms with Gasteiger partial charge < -0.3 is 19.5 Å². The lowest BCUT2D eigenvalue weighted by atomic mass is 10.1. The van der Waals surface area contributed by atoms with E-state index in [1.165, 1.54) is 17.8 Å². The molecular weight excluding hydrogens is 478 g/mol. The van der Waals surface area contributed by atoms with Gasteiger partial charge in [-0.05, 0) is 54.1 Å². The second kappa shape index (κ2) is 11.9. The number of hydrogen-bond acceptors (Lipinski definition) is 7. The molecule has 1 aliphatic rings. The van der Waals surface area contributed by atoms with Crippen molar-refractivity contribution >= 4 is 29.2 Å². The van der Waals surface area contributed by atoms with Crippen molar-refractivity contribution in [2.24, 2.45) is 0 Å². The van der Waals surface area contributed by atoms with E-state index >= 15 is 0 Å². The molecule has 3 aromatic rings. The van der Waals surface area contributed by atoms with Crippen molar-refractivity contribution < 1.29 is 28.6 Å². The van der Waals surface area contributed by atoms with Crippen LogP contribution in [0.3, 0.4) is 0 Å². The molecule has 0 heterocycles. The Bertz CT molecular complexity index is 1300. The molecular formula is C28H23NO6S. The maximum atomic E-state index is 12.5. The summed E-state index contributed by atoms with van der Waals surface area (Å²) in [4.78, 5) is 38.3. The zero-order valence-electron chi connectivity index (χ0n) is 19.4. The second-order valence-corrected chi connectivity index (χ2v) is 8.77. The molecule has 7 nitrogen and oxygen atoms in total. The number of nitrogens with one attached hydrogen (secondary N) is 1. The first-order valence-electron chi connectivity index (χ1n) is 11.0. The average molecular weight is 502 g/mol.